The maximum absolute atomic E-state index is 14.6. The molecule has 2 aromatic rings. The van der Waals surface area contributed by atoms with Crippen LogP contribution in [0.25, 0.3) is 0 Å². The Morgan fingerprint density at radius 2 is 1.76 bits per heavy atom. The van der Waals surface area contributed by atoms with Crippen molar-refractivity contribution < 1.29 is 27.8 Å². The fourth-order valence-electron chi connectivity index (χ4n) is 2.50. The molecule has 0 saturated carbocycles. The van der Waals surface area contributed by atoms with Crippen LogP contribution in [0.5, 0.6) is 0 Å². The highest BCUT2D eigenvalue weighted by molar-refractivity contribution is 7.98. The molecule has 0 spiro atoms. The fourth-order valence-corrected chi connectivity index (χ4v) is 3.17. The molecule has 10 heteroatoms. The third-order valence-corrected chi connectivity index (χ3v) is 4.89. The van der Waals surface area contributed by atoms with Crippen LogP contribution in [0.4, 0.5) is 19.3 Å². The predicted octanol–water partition coefficient (Wildman–Crippen LogP) is 4.62. The van der Waals surface area contributed by atoms with Crippen molar-refractivity contribution in [3.05, 3.63) is 58.6 Å². The summed E-state index contributed by atoms with van der Waals surface area (Å²) in [4.78, 5) is 28.2. The van der Waals surface area contributed by atoms with Gasteiger partial charge in [-0.05, 0) is 36.6 Å². The Morgan fingerprint density at radius 3 is 2.31 bits per heavy atom. The van der Waals surface area contributed by atoms with E-state index >= 15 is 0 Å². The van der Waals surface area contributed by atoms with Crippen molar-refractivity contribution in [2.75, 3.05) is 38.8 Å². The Hall–Kier alpha value is -2.20. The summed E-state index contributed by atoms with van der Waals surface area (Å²) in [7, 11) is 2.57. The van der Waals surface area contributed by atoms with E-state index in [4.69, 9.17) is 21.1 Å². The molecule has 156 valence electrons. The summed E-state index contributed by atoms with van der Waals surface area (Å²) in [5, 5.41) is -0.169. The zero-order valence-electron chi connectivity index (χ0n) is 15.9. The summed E-state index contributed by atoms with van der Waals surface area (Å²) in [5.41, 5.74) is -0.599. The normalized spacial score (nSPS) is 10.7. The number of benzene rings is 2. The molecule has 3 amide bonds. The Labute approximate surface area is 176 Å². The molecule has 0 aliphatic carbocycles. The summed E-state index contributed by atoms with van der Waals surface area (Å²) >= 11 is 7.28. The van der Waals surface area contributed by atoms with Gasteiger partial charge >= 0.3 is 6.03 Å². The molecular formula is C19H19ClF2N2O4S. The molecule has 2 rings (SSSR count). The lowest BCUT2D eigenvalue weighted by molar-refractivity contribution is 0.0529. The van der Waals surface area contributed by atoms with Gasteiger partial charge in [-0.1, -0.05) is 17.7 Å². The van der Waals surface area contributed by atoms with Gasteiger partial charge in [-0.3, -0.25) is 9.69 Å². The smallest absolute Gasteiger partial charge is 0.335 e. The number of amides is 3. The van der Waals surface area contributed by atoms with Crippen molar-refractivity contribution >= 4 is 41.0 Å². The van der Waals surface area contributed by atoms with Gasteiger partial charge in [-0.2, -0.15) is 0 Å². The second kappa shape index (κ2) is 10.5. The van der Waals surface area contributed by atoms with Crippen LogP contribution in [0.2, 0.25) is 5.02 Å². The number of halogens is 3. The monoisotopic (exact) mass is 444 g/mol. The van der Waals surface area contributed by atoms with E-state index in [1.54, 1.807) is 12.3 Å². The molecule has 2 aromatic carbocycles. The van der Waals surface area contributed by atoms with Crippen molar-refractivity contribution in [1.82, 2.24) is 4.90 Å². The van der Waals surface area contributed by atoms with Gasteiger partial charge in [0.15, 0.2) is 0 Å². The van der Waals surface area contributed by atoms with Crippen molar-refractivity contribution in [1.29, 1.82) is 0 Å². The number of rotatable bonds is 7. The molecule has 0 radical (unpaired) electrons. The van der Waals surface area contributed by atoms with Crippen LogP contribution in [0.3, 0.4) is 0 Å². The summed E-state index contributed by atoms with van der Waals surface area (Å²) in [5.74, 6) is -2.61. The Balaban J connectivity index is 2.47. The average molecular weight is 445 g/mol. The van der Waals surface area contributed by atoms with Crippen molar-refractivity contribution in [3.8, 4) is 0 Å². The molecular weight excluding hydrogens is 426 g/mol. The van der Waals surface area contributed by atoms with Crippen molar-refractivity contribution in [2.24, 2.45) is 0 Å². The minimum absolute atomic E-state index is 0.108. The van der Waals surface area contributed by atoms with Crippen LogP contribution in [0.15, 0.2) is 41.3 Å². The van der Waals surface area contributed by atoms with Crippen LogP contribution < -0.4 is 4.90 Å². The van der Waals surface area contributed by atoms with Crippen LogP contribution in [-0.2, 0) is 9.47 Å². The third-order valence-electron chi connectivity index (χ3n) is 3.85. The average Bonchev–Trinajstić information content (AvgIpc) is 2.69. The number of hydrogen-bond acceptors (Lipinski definition) is 5. The number of methoxy groups -OCH3 is 2. The molecule has 0 bridgehead atoms. The minimum Gasteiger partial charge on any atom is -0.364 e. The summed E-state index contributed by atoms with van der Waals surface area (Å²) < 4.78 is 38.7. The first-order valence-electron chi connectivity index (χ1n) is 8.24. The predicted molar refractivity (Wildman–Crippen MR) is 107 cm³/mol. The van der Waals surface area contributed by atoms with Gasteiger partial charge in [0.25, 0.3) is 5.91 Å². The molecule has 0 heterocycles. The maximum Gasteiger partial charge on any atom is 0.335 e. The number of anilines is 1. The van der Waals surface area contributed by atoms with Gasteiger partial charge in [-0.15, -0.1) is 11.8 Å². The SMILES string of the molecule is COCN(C(=O)c1c(F)cccc1Cl)C(=O)N(COC)c1ccc(SC)cc1F. The third kappa shape index (κ3) is 5.24. The van der Waals surface area contributed by atoms with E-state index in [0.29, 0.717) is 9.80 Å². The highest BCUT2D eigenvalue weighted by Gasteiger charge is 2.32. The van der Waals surface area contributed by atoms with Crippen molar-refractivity contribution in [3.63, 3.8) is 0 Å². The topological polar surface area (TPSA) is 59.1 Å². The largest absolute Gasteiger partial charge is 0.364 e. The molecule has 6 nitrogen and oxygen atoms in total. The van der Waals surface area contributed by atoms with Crippen molar-refractivity contribution in [2.45, 2.75) is 4.90 Å². The van der Waals surface area contributed by atoms with E-state index in [2.05, 4.69) is 0 Å². The summed E-state index contributed by atoms with van der Waals surface area (Å²) in [6.07, 6.45) is 1.78. The number of imide groups is 1. The Morgan fingerprint density at radius 1 is 1.07 bits per heavy atom. The number of carbonyl (C=O) groups is 2. The lowest BCUT2D eigenvalue weighted by Gasteiger charge is -2.29. The van der Waals surface area contributed by atoms with E-state index in [1.807, 2.05) is 0 Å². The molecule has 29 heavy (non-hydrogen) atoms. The number of carbonyl (C=O) groups excluding carboxylic acids is 2. The highest BCUT2D eigenvalue weighted by Crippen LogP contribution is 2.27. The second-order valence-electron chi connectivity index (χ2n) is 5.69. The van der Waals surface area contributed by atoms with Gasteiger partial charge in [0, 0.05) is 19.1 Å². The van der Waals surface area contributed by atoms with Gasteiger partial charge < -0.3 is 9.47 Å². The van der Waals surface area contributed by atoms with Crippen LogP contribution >= 0.6 is 23.4 Å². The number of thioether (sulfide) groups is 1. The number of hydrogen-bond donors (Lipinski definition) is 0. The van der Waals surface area contributed by atoms with Gasteiger partial charge in [-0.25, -0.2) is 18.5 Å². The van der Waals surface area contributed by atoms with Crippen LogP contribution in [-0.4, -0.2) is 50.8 Å². The summed E-state index contributed by atoms with van der Waals surface area (Å²) in [6.45, 7) is -0.861. The summed E-state index contributed by atoms with van der Waals surface area (Å²) in [6, 6.07) is 7.00. The minimum atomic E-state index is -1.03. The molecule has 0 atom stereocenters. The van der Waals surface area contributed by atoms with Gasteiger partial charge in [0.1, 0.15) is 25.1 Å². The van der Waals surface area contributed by atoms with E-state index in [9.17, 15) is 18.4 Å². The number of urea groups is 1. The molecule has 0 unspecified atom stereocenters. The van der Waals surface area contributed by atoms with E-state index in [0.717, 1.165) is 11.0 Å². The quantitative estimate of drug-likeness (QED) is 0.461. The first-order valence-corrected chi connectivity index (χ1v) is 9.84. The van der Waals surface area contributed by atoms with E-state index < -0.39 is 35.9 Å². The van der Waals surface area contributed by atoms with Gasteiger partial charge in [0.05, 0.1) is 16.3 Å². The first-order chi connectivity index (χ1) is 13.8. The lowest BCUT2D eigenvalue weighted by atomic mass is 10.2. The second-order valence-corrected chi connectivity index (χ2v) is 6.98. The number of nitrogens with zero attached hydrogens (tertiary/aromatic N) is 2. The standard InChI is InChI=1S/C19H19ClF2N2O4S/c1-27-10-23(16-8-7-12(29-3)9-15(16)22)19(26)24(11-28-2)18(25)17-13(20)5-4-6-14(17)21/h4-9H,10-11H2,1-3H3. The Kier molecular flexibility index (Phi) is 8.39. The first kappa shape index (κ1) is 23.1. The lowest BCUT2D eigenvalue weighted by Crippen LogP contribution is -2.48. The van der Waals surface area contributed by atoms with Gasteiger partial charge in [0.2, 0.25) is 0 Å². The fraction of sp³-hybridized carbons (Fsp3) is 0.263. The molecule has 0 aromatic heterocycles. The zero-order chi connectivity index (χ0) is 21.6. The number of ether oxygens (including phenoxy) is 2. The molecule has 0 saturated heterocycles. The zero-order valence-corrected chi connectivity index (χ0v) is 17.5. The Bertz CT molecular complexity index is 880. The van der Waals surface area contributed by atoms with Crippen LogP contribution in [0, 0.1) is 11.6 Å². The maximum atomic E-state index is 14.6. The molecule has 0 aliphatic heterocycles. The van der Waals surface area contributed by atoms with Crippen LogP contribution in [0.1, 0.15) is 10.4 Å². The van der Waals surface area contributed by atoms with E-state index in [1.165, 1.54) is 50.2 Å². The molecule has 0 fully saturated rings. The molecule has 0 aliphatic rings. The highest BCUT2D eigenvalue weighted by atomic mass is 35.5. The molecule has 0 N–H and O–H groups in total. The van der Waals surface area contributed by atoms with E-state index in [-0.39, 0.29) is 17.4 Å².